The van der Waals surface area contributed by atoms with Crippen LogP contribution in [0.15, 0.2) is 115 Å². The number of aromatic nitrogens is 4. The van der Waals surface area contributed by atoms with Gasteiger partial charge in [-0.05, 0) is 98.5 Å². The monoisotopic (exact) mass is 859 g/mol. The molecule has 1 aliphatic rings. The van der Waals surface area contributed by atoms with Gasteiger partial charge in [0.15, 0.2) is 0 Å². The van der Waals surface area contributed by atoms with Crippen LogP contribution in [0.4, 0.5) is 0 Å². The summed E-state index contributed by atoms with van der Waals surface area (Å²) in [6.45, 7) is 13.0. The molecule has 2 N–H and O–H groups in total. The van der Waals surface area contributed by atoms with Crippen molar-refractivity contribution < 1.29 is 43.8 Å². The van der Waals surface area contributed by atoms with Gasteiger partial charge in [-0.2, -0.15) is 0 Å². The SMILES string of the molecule is CC(C)(C)c1cc2c3nc(c(-c4ccc5ccccc5c4)c4ccc([n-]4)c4cc(C(C)(C)C)cc(c4O)c4ccc5ccc6ccc(nc6c5n4)c(c1)c2O)C=C3.[Co].[Co]. The van der Waals surface area contributed by atoms with E-state index in [9.17, 15) is 10.2 Å². The van der Waals surface area contributed by atoms with Crippen LogP contribution in [0.3, 0.4) is 0 Å². The predicted octanol–water partition coefficient (Wildman–Crippen LogP) is 12.7. The van der Waals surface area contributed by atoms with Crippen molar-refractivity contribution in [3.8, 4) is 22.6 Å². The fourth-order valence-electron chi connectivity index (χ4n) is 8.06. The van der Waals surface area contributed by atoms with Crippen LogP contribution in [0, 0.1) is 0 Å². The van der Waals surface area contributed by atoms with Crippen molar-refractivity contribution in [3.63, 3.8) is 0 Å². The topological polar surface area (TPSA) is 93.2 Å². The summed E-state index contributed by atoms with van der Waals surface area (Å²) < 4.78 is 0. The quantitative estimate of drug-likeness (QED) is 0.160. The van der Waals surface area contributed by atoms with Crippen molar-refractivity contribution in [2.75, 3.05) is 0 Å². The van der Waals surface area contributed by atoms with Crippen LogP contribution in [-0.4, -0.2) is 25.2 Å². The Morgan fingerprint density at radius 2 is 0.949 bits per heavy atom. The summed E-state index contributed by atoms with van der Waals surface area (Å²) in [4.78, 5) is 21.0. The van der Waals surface area contributed by atoms with Crippen molar-refractivity contribution in [1.29, 1.82) is 0 Å². The third-order valence-electron chi connectivity index (χ3n) is 11.4. The number of nitrogens with zero attached hydrogens (tertiary/aromatic N) is 4. The average molecular weight is 860 g/mol. The van der Waals surface area contributed by atoms with Crippen LogP contribution >= 0.6 is 0 Å². The molecule has 0 amide bonds. The van der Waals surface area contributed by atoms with Gasteiger partial charge in [0.25, 0.3) is 0 Å². The van der Waals surface area contributed by atoms with E-state index >= 15 is 0 Å². The number of pyridine rings is 2. The van der Waals surface area contributed by atoms with E-state index in [1.807, 2.05) is 72.8 Å². The molecule has 5 aromatic carbocycles. The van der Waals surface area contributed by atoms with Crippen LogP contribution in [0.1, 0.15) is 64.1 Å². The zero-order valence-corrected chi connectivity index (χ0v) is 35.6. The molecule has 0 atom stereocenters. The normalized spacial score (nSPS) is 12.4. The number of phenolic OH excluding ortho intramolecular Hbond substituents is 2. The number of hydrogen-bond donors (Lipinski definition) is 2. The number of aromatic hydroxyl groups is 2. The van der Waals surface area contributed by atoms with Crippen molar-refractivity contribution >= 4 is 88.3 Å². The molecule has 0 unspecified atom stereocenters. The predicted molar refractivity (Wildman–Crippen MR) is 237 cm³/mol. The maximum Gasteiger partial charge on any atom is 0.134 e. The molecular weight excluding hydrogens is 818 g/mol. The van der Waals surface area contributed by atoms with E-state index in [1.165, 1.54) is 0 Å². The largest absolute Gasteiger partial charge is 0.657 e. The molecule has 12 bridgehead atoms. The van der Waals surface area contributed by atoms with Gasteiger partial charge in [0.05, 0.1) is 33.5 Å². The van der Waals surface area contributed by atoms with Gasteiger partial charge in [-0.15, -0.1) is 11.0 Å². The van der Waals surface area contributed by atoms with Gasteiger partial charge in [-0.1, -0.05) is 114 Å². The molecule has 0 spiro atoms. The van der Waals surface area contributed by atoms with E-state index in [0.717, 1.165) is 55.0 Å². The van der Waals surface area contributed by atoms with Crippen molar-refractivity contribution in [2.45, 2.75) is 52.4 Å². The molecule has 59 heavy (non-hydrogen) atoms. The molecule has 0 saturated heterocycles. The van der Waals surface area contributed by atoms with Crippen molar-refractivity contribution in [2.24, 2.45) is 0 Å². The van der Waals surface area contributed by atoms with Gasteiger partial charge in [-0.25, -0.2) is 15.0 Å². The molecule has 0 fully saturated rings. The third kappa shape index (κ3) is 6.80. The van der Waals surface area contributed by atoms with Gasteiger partial charge in [0, 0.05) is 65.9 Å². The average Bonchev–Trinajstić information content (AvgIpc) is 3.88. The third-order valence-corrected chi connectivity index (χ3v) is 11.4. The fourth-order valence-corrected chi connectivity index (χ4v) is 8.06. The van der Waals surface area contributed by atoms with E-state index in [4.69, 9.17) is 19.9 Å². The van der Waals surface area contributed by atoms with Gasteiger partial charge in [0.2, 0.25) is 0 Å². The Hall–Kier alpha value is -5.78. The number of hydrogen-bond acceptors (Lipinski definition) is 5. The Morgan fingerprint density at radius 3 is 1.56 bits per heavy atom. The Bertz CT molecular complexity index is 3360. The Balaban J connectivity index is 0.00000242. The number of fused-ring (bicyclic) bond motifs is 15. The molecule has 2 radical (unpaired) electrons. The summed E-state index contributed by atoms with van der Waals surface area (Å²) in [6, 6.07) is 39.0. The first-order valence-corrected chi connectivity index (χ1v) is 19.4. The van der Waals surface area contributed by atoms with Crippen molar-refractivity contribution in [1.82, 2.24) is 19.9 Å². The Morgan fingerprint density at radius 1 is 0.458 bits per heavy atom. The van der Waals surface area contributed by atoms with Gasteiger partial charge >= 0.3 is 0 Å². The molecule has 9 aromatic rings. The molecule has 6 nitrogen and oxygen atoms in total. The van der Waals surface area contributed by atoms with E-state index in [0.29, 0.717) is 54.8 Å². The van der Waals surface area contributed by atoms with Crippen molar-refractivity contribution in [3.05, 3.63) is 138 Å². The molecule has 1 aliphatic heterocycles. The molecule has 0 aliphatic carbocycles. The summed E-state index contributed by atoms with van der Waals surface area (Å²) in [5.41, 5.74) is 8.88. The Kier molecular flexibility index (Phi) is 9.83. The molecule has 4 aromatic heterocycles. The molecule has 8 heteroatoms. The van der Waals surface area contributed by atoms with Gasteiger partial charge < -0.3 is 15.2 Å². The first-order chi connectivity index (χ1) is 27.3. The van der Waals surface area contributed by atoms with Gasteiger partial charge in [0.1, 0.15) is 11.5 Å². The molecule has 0 saturated carbocycles. The minimum Gasteiger partial charge on any atom is -0.657 e. The Labute approximate surface area is 362 Å². The summed E-state index contributed by atoms with van der Waals surface area (Å²) in [5.74, 6) is 0.228. The minimum atomic E-state index is -0.235. The van der Waals surface area contributed by atoms with Gasteiger partial charge in [-0.3, -0.25) is 0 Å². The van der Waals surface area contributed by atoms with E-state index in [-0.39, 0.29) is 55.9 Å². The second-order valence-electron chi connectivity index (χ2n) is 17.3. The summed E-state index contributed by atoms with van der Waals surface area (Å²) >= 11 is 0. The molecule has 10 rings (SSSR count). The van der Waals surface area contributed by atoms with Crippen LogP contribution in [0.2, 0.25) is 0 Å². The minimum absolute atomic E-state index is 0. The van der Waals surface area contributed by atoms with Crippen LogP contribution in [-0.2, 0) is 44.4 Å². The number of phenols is 2. The summed E-state index contributed by atoms with van der Waals surface area (Å²) in [5, 5.41) is 31.0. The number of benzene rings is 5. The standard InChI is InChI=1S/C51H41N4O2.2Co/c1-50(2,3)33-24-35-39-19-21-43(52-39)45(32-14-11-28-9-7-8-10-31(28)23-32)44-22-20-40(53-44)36-25-34(51(4,5)6)27-38(49(36)57)42-18-16-30-13-12-29-15-17-41(37(26-33)48(35)56)54-46(29)47(30)55-42;;/h7-27H,1-6H3,(H2-,52,53,54,55,56,57);;/q-1;;. The second-order valence-corrected chi connectivity index (χ2v) is 17.3. The first kappa shape index (κ1) is 40.0. The fraction of sp³-hybridized carbons (Fsp3) is 0.157. The first-order valence-electron chi connectivity index (χ1n) is 19.4. The summed E-state index contributed by atoms with van der Waals surface area (Å²) in [7, 11) is 0. The van der Waals surface area contributed by atoms with Crippen LogP contribution < -0.4 is 4.98 Å². The van der Waals surface area contributed by atoms with E-state index < -0.39 is 0 Å². The smallest absolute Gasteiger partial charge is 0.134 e. The zero-order chi connectivity index (χ0) is 39.4. The second kappa shape index (κ2) is 14.5. The van der Waals surface area contributed by atoms with Crippen LogP contribution in [0.5, 0.6) is 11.5 Å². The summed E-state index contributed by atoms with van der Waals surface area (Å²) in [6.07, 6.45) is 3.98. The van der Waals surface area contributed by atoms with Crippen LogP contribution in [0.25, 0.3) is 99.5 Å². The maximum atomic E-state index is 12.2. The van der Waals surface area contributed by atoms with E-state index in [1.54, 1.807) is 0 Å². The zero-order valence-electron chi connectivity index (χ0n) is 33.5. The number of rotatable bonds is 1. The molecular formula is C51H41Co2N4O2-. The van der Waals surface area contributed by atoms with E-state index in [2.05, 4.69) is 96.1 Å². The maximum absolute atomic E-state index is 12.2. The molecule has 5 heterocycles. The molecule has 296 valence electrons.